The molecule has 1 unspecified atom stereocenters. The maximum atomic E-state index is 10.7. The van der Waals surface area contributed by atoms with Gasteiger partial charge in [0.15, 0.2) is 0 Å². The molecule has 1 saturated carbocycles. The van der Waals surface area contributed by atoms with Crippen LogP contribution in [-0.2, 0) is 4.79 Å². The highest BCUT2D eigenvalue weighted by molar-refractivity contribution is 5.68. The van der Waals surface area contributed by atoms with Crippen molar-refractivity contribution in [2.75, 3.05) is 6.54 Å². The van der Waals surface area contributed by atoms with Crippen molar-refractivity contribution in [3.05, 3.63) is 0 Å². The van der Waals surface area contributed by atoms with Crippen molar-refractivity contribution in [1.82, 2.24) is 5.32 Å². The average molecular weight is 185 g/mol. The van der Waals surface area contributed by atoms with Gasteiger partial charge in [0.25, 0.3) is 0 Å². The van der Waals surface area contributed by atoms with Gasteiger partial charge in [0.05, 0.1) is 6.42 Å². The average Bonchev–Trinajstić information content (AvgIpc) is 2.68. The number of carbonyl (C=O) groups is 1. The number of carboxylic acids is 1. The molecule has 0 bridgehead atoms. The lowest BCUT2D eigenvalue weighted by atomic mass is 9.81. The lowest BCUT2D eigenvalue weighted by Gasteiger charge is -2.35. The van der Waals surface area contributed by atoms with E-state index in [1.807, 2.05) is 13.8 Å². The van der Waals surface area contributed by atoms with Gasteiger partial charge in [0.2, 0.25) is 0 Å². The predicted octanol–water partition coefficient (Wildman–Crippen LogP) is 1.63. The SMILES string of the molecule is CCNC(C)(CC(=O)O)C1(C)CC1. The number of aliphatic carboxylic acids is 1. The van der Waals surface area contributed by atoms with Gasteiger partial charge in [-0.2, -0.15) is 0 Å². The fraction of sp³-hybridized carbons (Fsp3) is 0.900. The van der Waals surface area contributed by atoms with Crippen molar-refractivity contribution >= 4 is 5.97 Å². The number of carboxylic acid groups (broad SMARTS) is 1. The van der Waals surface area contributed by atoms with Crippen LogP contribution >= 0.6 is 0 Å². The van der Waals surface area contributed by atoms with Crippen LogP contribution in [0.15, 0.2) is 0 Å². The van der Waals surface area contributed by atoms with E-state index in [0.717, 1.165) is 19.4 Å². The minimum atomic E-state index is -0.712. The Morgan fingerprint density at radius 2 is 2.15 bits per heavy atom. The standard InChI is InChI=1S/C10H19NO2/c1-4-11-10(3,7-8(12)13)9(2)5-6-9/h11H,4-7H2,1-3H3,(H,12,13). The summed E-state index contributed by atoms with van der Waals surface area (Å²) in [6.45, 7) is 7.04. The Morgan fingerprint density at radius 3 is 2.46 bits per heavy atom. The van der Waals surface area contributed by atoms with E-state index in [0.29, 0.717) is 0 Å². The first kappa shape index (κ1) is 10.5. The number of rotatable bonds is 5. The fourth-order valence-corrected chi connectivity index (χ4v) is 1.92. The lowest BCUT2D eigenvalue weighted by Crippen LogP contribution is -2.50. The topological polar surface area (TPSA) is 49.3 Å². The molecule has 0 amide bonds. The molecule has 13 heavy (non-hydrogen) atoms. The lowest BCUT2D eigenvalue weighted by molar-refractivity contribution is -0.139. The Hall–Kier alpha value is -0.570. The zero-order chi connectivity index (χ0) is 10.1. The molecule has 3 nitrogen and oxygen atoms in total. The van der Waals surface area contributed by atoms with Gasteiger partial charge in [-0.15, -0.1) is 0 Å². The van der Waals surface area contributed by atoms with E-state index in [-0.39, 0.29) is 17.4 Å². The zero-order valence-electron chi connectivity index (χ0n) is 8.68. The molecule has 1 aliphatic carbocycles. The van der Waals surface area contributed by atoms with Crippen LogP contribution < -0.4 is 5.32 Å². The van der Waals surface area contributed by atoms with Crippen LogP contribution in [0.25, 0.3) is 0 Å². The highest BCUT2D eigenvalue weighted by Crippen LogP contribution is 2.54. The first-order chi connectivity index (χ1) is 5.93. The van der Waals surface area contributed by atoms with Crippen LogP contribution in [0.5, 0.6) is 0 Å². The van der Waals surface area contributed by atoms with Gasteiger partial charge in [0, 0.05) is 5.54 Å². The summed E-state index contributed by atoms with van der Waals surface area (Å²) in [4.78, 5) is 10.7. The number of hydrogen-bond donors (Lipinski definition) is 2. The van der Waals surface area contributed by atoms with Crippen molar-refractivity contribution in [3.8, 4) is 0 Å². The molecular weight excluding hydrogens is 166 g/mol. The zero-order valence-corrected chi connectivity index (χ0v) is 8.68. The summed E-state index contributed by atoms with van der Waals surface area (Å²) in [5, 5.41) is 12.1. The van der Waals surface area contributed by atoms with Crippen molar-refractivity contribution < 1.29 is 9.90 Å². The van der Waals surface area contributed by atoms with Crippen molar-refractivity contribution in [2.45, 2.75) is 45.6 Å². The molecule has 0 saturated heterocycles. The largest absolute Gasteiger partial charge is 0.481 e. The van der Waals surface area contributed by atoms with Crippen molar-refractivity contribution in [1.29, 1.82) is 0 Å². The smallest absolute Gasteiger partial charge is 0.305 e. The molecule has 1 atom stereocenters. The molecule has 0 aromatic heterocycles. The van der Waals surface area contributed by atoms with Gasteiger partial charge >= 0.3 is 5.97 Å². The van der Waals surface area contributed by atoms with Crippen LogP contribution in [0.4, 0.5) is 0 Å². The molecule has 0 aromatic carbocycles. The first-order valence-corrected chi connectivity index (χ1v) is 4.90. The minimum Gasteiger partial charge on any atom is -0.481 e. The first-order valence-electron chi connectivity index (χ1n) is 4.90. The molecule has 0 aromatic rings. The third-order valence-corrected chi connectivity index (χ3v) is 3.40. The second kappa shape index (κ2) is 3.29. The monoisotopic (exact) mass is 185 g/mol. The highest BCUT2D eigenvalue weighted by atomic mass is 16.4. The molecule has 0 aliphatic heterocycles. The molecule has 0 heterocycles. The second-order valence-corrected chi connectivity index (χ2v) is 4.49. The Labute approximate surface area is 79.5 Å². The van der Waals surface area contributed by atoms with E-state index < -0.39 is 5.97 Å². The van der Waals surface area contributed by atoms with Crippen LogP contribution in [0, 0.1) is 5.41 Å². The molecular formula is C10H19NO2. The summed E-state index contributed by atoms with van der Waals surface area (Å²) in [7, 11) is 0. The van der Waals surface area contributed by atoms with E-state index in [1.54, 1.807) is 0 Å². The van der Waals surface area contributed by atoms with E-state index in [4.69, 9.17) is 5.11 Å². The van der Waals surface area contributed by atoms with Crippen LogP contribution in [0.2, 0.25) is 0 Å². The molecule has 2 N–H and O–H groups in total. The van der Waals surface area contributed by atoms with Crippen LogP contribution in [0.1, 0.15) is 40.0 Å². The normalized spacial score (nSPS) is 23.6. The van der Waals surface area contributed by atoms with E-state index in [1.165, 1.54) is 0 Å². The maximum Gasteiger partial charge on any atom is 0.305 e. The Bertz CT molecular complexity index is 211. The van der Waals surface area contributed by atoms with Crippen LogP contribution in [-0.4, -0.2) is 23.2 Å². The highest BCUT2D eigenvalue weighted by Gasteiger charge is 2.53. The molecule has 1 rings (SSSR count). The summed E-state index contributed by atoms with van der Waals surface area (Å²) >= 11 is 0. The van der Waals surface area contributed by atoms with Crippen molar-refractivity contribution in [2.24, 2.45) is 5.41 Å². The molecule has 76 valence electrons. The van der Waals surface area contributed by atoms with E-state index in [2.05, 4.69) is 12.2 Å². The second-order valence-electron chi connectivity index (χ2n) is 4.49. The molecule has 1 aliphatic rings. The quantitative estimate of drug-likeness (QED) is 0.684. The fourth-order valence-electron chi connectivity index (χ4n) is 1.92. The van der Waals surface area contributed by atoms with E-state index >= 15 is 0 Å². The summed E-state index contributed by atoms with van der Waals surface area (Å²) in [5.41, 5.74) is -0.0328. The van der Waals surface area contributed by atoms with Gasteiger partial charge in [-0.25, -0.2) is 0 Å². The molecule has 3 heteroatoms. The summed E-state index contributed by atoms with van der Waals surface area (Å²) < 4.78 is 0. The molecule has 0 spiro atoms. The van der Waals surface area contributed by atoms with Gasteiger partial charge < -0.3 is 10.4 Å². The van der Waals surface area contributed by atoms with Crippen LogP contribution in [0.3, 0.4) is 0 Å². The van der Waals surface area contributed by atoms with Gasteiger partial charge in [-0.05, 0) is 31.7 Å². The Kier molecular flexibility index (Phi) is 2.66. The van der Waals surface area contributed by atoms with Gasteiger partial charge in [-0.1, -0.05) is 13.8 Å². The Morgan fingerprint density at radius 1 is 1.62 bits per heavy atom. The van der Waals surface area contributed by atoms with Crippen molar-refractivity contribution in [3.63, 3.8) is 0 Å². The summed E-state index contributed by atoms with van der Waals surface area (Å²) in [6.07, 6.45) is 2.50. The minimum absolute atomic E-state index is 0.196. The molecule has 0 radical (unpaired) electrons. The number of hydrogen-bond acceptors (Lipinski definition) is 2. The van der Waals surface area contributed by atoms with Gasteiger partial charge in [0.1, 0.15) is 0 Å². The number of nitrogens with one attached hydrogen (secondary N) is 1. The van der Waals surface area contributed by atoms with Gasteiger partial charge in [-0.3, -0.25) is 4.79 Å². The summed E-state index contributed by atoms with van der Waals surface area (Å²) in [5.74, 6) is -0.712. The Balaban J connectivity index is 2.68. The third kappa shape index (κ3) is 2.02. The predicted molar refractivity (Wildman–Crippen MR) is 51.7 cm³/mol. The third-order valence-electron chi connectivity index (χ3n) is 3.40. The maximum absolute atomic E-state index is 10.7. The summed E-state index contributed by atoms with van der Waals surface area (Å²) in [6, 6.07) is 0. The van der Waals surface area contributed by atoms with E-state index in [9.17, 15) is 4.79 Å². The molecule has 1 fully saturated rings.